The number of likely N-dealkylation sites (N-methyl/N-ethyl adjacent to an activating group) is 1. The summed E-state index contributed by atoms with van der Waals surface area (Å²) >= 11 is 0. The Balaban J connectivity index is 2.20. The largest absolute Gasteiger partial charge is 0.493 e. The maximum Gasteiger partial charge on any atom is 0.128 e. The summed E-state index contributed by atoms with van der Waals surface area (Å²) < 4.78 is 5.80. The van der Waals surface area contributed by atoms with Crippen LogP contribution in [0.4, 0.5) is 0 Å². The number of ether oxygens (including phenoxy) is 1. The first-order valence-electron chi connectivity index (χ1n) is 7.46. The van der Waals surface area contributed by atoms with Gasteiger partial charge in [0, 0.05) is 0 Å². The maximum atomic E-state index is 5.80. The van der Waals surface area contributed by atoms with E-state index in [1.807, 2.05) is 6.92 Å². The van der Waals surface area contributed by atoms with E-state index < -0.39 is 0 Å². The van der Waals surface area contributed by atoms with Crippen molar-refractivity contribution in [1.82, 2.24) is 0 Å². The number of nitrogens with one attached hydrogen (secondary N) is 1. The third kappa shape index (κ3) is 3.71. The van der Waals surface area contributed by atoms with E-state index in [1.54, 1.807) is 0 Å². The smallest absolute Gasteiger partial charge is 0.128 e. The monoisotopic (exact) mass is 274 g/mol. The highest BCUT2D eigenvalue weighted by molar-refractivity contribution is 5.87. The molecular formula is C17H26N2O+2. The molecule has 108 valence electrons. The molecule has 0 aliphatic carbocycles. The van der Waals surface area contributed by atoms with Gasteiger partial charge >= 0.3 is 0 Å². The molecule has 20 heavy (non-hydrogen) atoms. The molecule has 0 spiro atoms. The van der Waals surface area contributed by atoms with E-state index in [0.717, 1.165) is 18.8 Å². The van der Waals surface area contributed by atoms with Crippen molar-refractivity contribution in [3.8, 4) is 5.75 Å². The number of fused-ring (bicyclic) bond motifs is 1. The molecule has 0 bridgehead atoms. The molecule has 2 rings (SSSR count). The highest BCUT2D eigenvalue weighted by Gasteiger charge is 2.10. The average molecular weight is 274 g/mol. The number of nitrogens with two attached hydrogens (primary N) is 1. The topological polar surface area (TPSA) is 30.3 Å². The van der Waals surface area contributed by atoms with E-state index in [2.05, 4.69) is 55.8 Å². The number of benzene rings is 2. The van der Waals surface area contributed by atoms with Crippen LogP contribution in [0.5, 0.6) is 5.75 Å². The second kappa shape index (κ2) is 7.27. The fraction of sp³-hybridized carbons (Fsp3) is 0.412. The van der Waals surface area contributed by atoms with Crippen molar-refractivity contribution in [3.05, 3.63) is 42.0 Å². The first-order chi connectivity index (χ1) is 9.72. The summed E-state index contributed by atoms with van der Waals surface area (Å²) in [5, 5.41) is 4.97. The number of quaternary nitrogens is 2. The first kappa shape index (κ1) is 14.8. The van der Waals surface area contributed by atoms with Crippen LogP contribution in [0.3, 0.4) is 0 Å². The Morgan fingerprint density at radius 1 is 1.10 bits per heavy atom. The zero-order chi connectivity index (χ0) is 14.4. The summed E-state index contributed by atoms with van der Waals surface area (Å²) in [6.07, 6.45) is 0. The molecule has 3 N–H and O–H groups in total. The fourth-order valence-electron chi connectivity index (χ4n) is 2.45. The van der Waals surface area contributed by atoms with E-state index in [4.69, 9.17) is 4.74 Å². The molecule has 0 amide bonds. The molecule has 0 aliphatic heterocycles. The SMILES string of the molecule is CCOc1ccc2ccccc2c1C[NH2+]CC[NH+](C)C. The zero-order valence-corrected chi connectivity index (χ0v) is 12.8. The van der Waals surface area contributed by atoms with Gasteiger partial charge in [0.05, 0.1) is 26.3 Å². The number of hydrogen-bond acceptors (Lipinski definition) is 1. The second-order valence-corrected chi connectivity index (χ2v) is 5.43. The molecule has 0 fully saturated rings. The quantitative estimate of drug-likeness (QED) is 0.706. The van der Waals surface area contributed by atoms with Crippen molar-refractivity contribution in [3.63, 3.8) is 0 Å². The van der Waals surface area contributed by atoms with Crippen LogP contribution < -0.4 is 15.0 Å². The van der Waals surface area contributed by atoms with Crippen LogP contribution >= 0.6 is 0 Å². The van der Waals surface area contributed by atoms with Crippen LogP contribution in [0.25, 0.3) is 10.8 Å². The second-order valence-electron chi connectivity index (χ2n) is 5.43. The Morgan fingerprint density at radius 3 is 2.65 bits per heavy atom. The van der Waals surface area contributed by atoms with Crippen molar-refractivity contribution < 1.29 is 15.0 Å². The summed E-state index contributed by atoms with van der Waals surface area (Å²) in [6, 6.07) is 12.8. The van der Waals surface area contributed by atoms with Crippen molar-refractivity contribution >= 4 is 10.8 Å². The third-order valence-corrected chi connectivity index (χ3v) is 3.49. The van der Waals surface area contributed by atoms with Crippen LogP contribution in [0.2, 0.25) is 0 Å². The minimum atomic E-state index is 0.715. The van der Waals surface area contributed by atoms with E-state index in [9.17, 15) is 0 Å². The predicted molar refractivity (Wildman–Crippen MR) is 83.3 cm³/mol. The molecule has 3 nitrogen and oxygen atoms in total. The summed E-state index contributed by atoms with van der Waals surface area (Å²) in [4.78, 5) is 1.49. The third-order valence-electron chi connectivity index (χ3n) is 3.49. The Bertz CT molecular complexity index is 552. The van der Waals surface area contributed by atoms with Gasteiger partial charge in [-0.2, -0.15) is 0 Å². The summed E-state index contributed by atoms with van der Waals surface area (Å²) in [7, 11) is 4.38. The lowest BCUT2D eigenvalue weighted by Crippen LogP contribution is -3.09. The summed E-state index contributed by atoms with van der Waals surface area (Å²) in [5.41, 5.74) is 1.32. The van der Waals surface area contributed by atoms with Gasteiger partial charge < -0.3 is 15.0 Å². The van der Waals surface area contributed by atoms with Gasteiger partial charge in [-0.1, -0.05) is 30.3 Å². The highest BCUT2D eigenvalue weighted by atomic mass is 16.5. The molecule has 0 radical (unpaired) electrons. The van der Waals surface area contributed by atoms with Gasteiger partial charge in [0.15, 0.2) is 0 Å². The molecule has 0 saturated heterocycles. The van der Waals surface area contributed by atoms with Crippen molar-refractivity contribution in [2.75, 3.05) is 33.8 Å². The predicted octanol–water partition coefficient (Wildman–Crippen LogP) is 0.446. The Kier molecular flexibility index (Phi) is 5.39. The van der Waals surface area contributed by atoms with Crippen LogP contribution in [-0.2, 0) is 6.54 Å². The average Bonchev–Trinajstić information content (AvgIpc) is 2.45. The number of hydrogen-bond donors (Lipinski definition) is 2. The molecular weight excluding hydrogens is 248 g/mol. The molecule has 2 aromatic carbocycles. The number of rotatable bonds is 7. The van der Waals surface area contributed by atoms with Gasteiger partial charge in [-0.3, -0.25) is 0 Å². The van der Waals surface area contributed by atoms with E-state index in [-0.39, 0.29) is 0 Å². The van der Waals surface area contributed by atoms with Gasteiger partial charge in [0.1, 0.15) is 25.4 Å². The maximum absolute atomic E-state index is 5.80. The Hall–Kier alpha value is -1.58. The molecule has 0 atom stereocenters. The lowest BCUT2D eigenvalue weighted by Gasteiger charge is -2.13. The normalized spacial score (nSPS) is 11.2. The standard InChI is InChI=1S/C17H24N2O/c1-4-20-17-10-9-14-7-5-6-8-15(14)16(17)13-18-11-12-19(2)3/h5-10,18H,4,11-13H2,1-3H3/p+2. The van der Waals surface area contributed by atoms with Crippen molar-refractivity contribution in [2.45, 2.75) is 13.5 Å². The van der Waals surface area contributed by atoms with Crippen LogP contribution in [0, 0.1) is 0 Å². The van der Waals surface area contributed by atoms with E-state index in [1.165, 1.54) is 27.8 Å². The van der Waals surface area contributed by atoms with Gasteiger partial charge in [0.2, 0.25) is 0 Å². The Morgan fingerprint density at radius 2 is 1.90 bits per heavy atom. The summed E-state index contributed by atoms with van der Waals surface area (Å²) in [5.74, 6) is 1.03. The van der Waals surface area contributed by atoms with Crippen LogP contribution in [-0.4, -0.2) is 33.8 Å². The molecule has 2 aromatic rings. The molecule has 0 aliphatic rings. The molecule has 0 aromatic heterocycles. The molecule has 0 unspecified atom stereocenters. The minimum absolute atomic E-state index is 0.715. The summed E-state index contributed by atoms with van der Waals surface area (Å²) in [6.45, 7) is 6.04. The first-order valence-corrected chi connectivity index (χ1v) is 7.46. The zero-order valence-electron chi connectivity index (χ0n) is 12.8. The van der Waals surface area contributed by atoms with Gasteiger partial charge in [-0.05, 0) is 23.8 Å². The van der Waals surface area contributed by atoms with Crippen molar-refractivity contribution in [1.29, 1.82) is 0 Å². The van der Waals surface area contributed by atoms with Gasteiger partial charge in [0.25, 0.3) is 0 Å². The lowest BCUT2D eigenvalue weighted by molar-refractivity contribution is -0.875. The van der Waals surface area contributed by atoms with Crippen molar-refractivity contribution in [2.24, 2.45) is 0 Å². The highest BCUT2D eigenvalue weighted by Crippen LogP contribution is 2.27. The molecule has 3 heteroatoms. The molecule has 0 saturated carbocycles. The molecule has 0 heterocycles. The Labute approximate surface area is 121 Å². The minimum Gasteiger partial charge on any atom is -0.493 e. The van der Waals surface area contributed by atoms with Gasteiger partial charge in [-0.15, -0.1) is 0 Å². The van der Waals surface area contributed by atoms with Crippen LogP contribution in [0.15, 0.2) is 36.4 Å². The van der Waals surface area contributed by atoms with Crippen LogP contribution in [0.1, 0.15) is 12.5 Å². The van der Waals surface area contributed by atoms with E-state index in [0.29, 0.717) is 6.61 Å². The van der Waals surface area contributed by atoms with E-state index >= 15 is 0 Å². The fourth-order valence-corrected chi connectivity index (χ4v) is 2.45. The lowest BCUT2D eigenvalue weighted by atomic mass is 10.0. The van der Waals surface area contributed by atoms with Gasteiger partial charge in [-0.25, -0.2) is 0 Å².